The van der Waals surface area contributed by atoms with Gasteiger partial charge in [0, 0.05) is 22.6 Å². The van der Waals surface area contributed by atoms with E-state index in [1.165, 1.54) is 16.7 Å². The van der Waals surface area contributed by atoms with Crippen LogP contribution >= 0.6 is 0 Å². The van der Waals surface area contributed by atoms with Crippen molar-refractivity contribution in [2.75, 3.05) is 10.2 Å². The summed E-state index contributed by atoms with van der Waals surface area (Å²) >= 11 is 0. The van der Waals surface area contributed by atoms with E-state index in [2.05, 4.69) is 134 Å². The fraction of sp³-hybridized carbons (Fsp3) is 0.0816. The number of nitrogens with zero attached hydrogens (tertiary/aromatic N) is 2. The average molecular weight is 693 g/mol. The van der Waals surface area contributed by atoms with Crippen LogP contribution in [0.1, 0.15) is 36.1 Å². The number of benzene rings is 6. The standard InChI is InChI=1S/C37H38N4.C12H10/c1-6-15-32(16-7-2)41(36-27(5)21-22-29(9-4)35(36)39-31-18-11-10-12-19-31)33-25-23-30(24-26-33)37(38)40-34-20-14-13-17-28(34)8-3;1-3-7-11(8-4-1)12-9-5-2-6-10-12/h6-7,9-26,39H,1,4,8H2,2-3,5H3,(H2,38,40);1-10H/b16-7-,32-15+;. The van der Waals surface area contributed by atoms with E-state index < -0.39 is 0 Å². The summed E-state index contributed by atoms with van der Waals surface area (Å²) < 4.78 is 0. The van der Waals surface area contributed by atoms with E-state index >= 15 is 0 Å². The van der Waals surface area contributed by atoms with Gasteiger partial charge in [-0.3, -0.25) is 0 Å². The molecule has 0 atom stereocenters. The van der Waals surface area contributed by atoms with Gasteiger partial charge >= 0.3 is 0 Å². The third-order valence-corrected chi connectivity index (χ3v) is 8.70. The third-order valence-electron chi connectivity index (χ3n) is 8.70. The van der Waals surface area contributed by atoms with E-state index in [4.69, 9.17) is 10.7 Å². The molecule has 4 heteroatoms. The lowest BCUT2D eigenvalue weighted by Gasteiger charge is -2.31. The van der Waals surface area contributed by atoms with Gasteiger partial charge in [0.15, 0.2) is 0 Å². The van der Waals surface area contributed by atoms with Gasteiger partial charge in [-0.15, -0.1) is 0 Å². The van der Waals surface area contributed by atoms with Crippen LogP contribution in [0.25, 0.3) is 17.2 Å². The quantitative estimate of drug-likeness (QED) is 0.0762. The summed E-state index contributed by atoms with van der Waals surface area (Å²) in [6.07, 6.45) is 10.7. The third kappa shape index (κ3) is 9.78. The molecule has 0 aliphatic rings. The number of aryl methyl sites for hydroxylation is 2. The summed E-state index contributed by atoms with van der Waals surface area (Å²) in [5.41, 5.74) is 19.0. The minimum Gasteiger partial charge on any atom is -0.383 e. The van der Waals surface area contributed by atoms with Gasteiger partial charge in [0.25, 0.3) is 0 Å². The average Bonchev–Trinajstić information content (AvgIpc) is 3.21. The van der Waals surface area contributed by atoms with Crippen LogP contribution in [0.5, 0.6) is 0 Å². The molecule has 0 radical (unpaired) electrons. The van der Waals surface area contributed by atoms with Gasteiger partial charge in [-0.2, -0.15) is 0 Å². The Hall–Kier alpha value is -6.65. The van der Waals surface area contributed by atoms with Crippen molar-refractivity contribution in [2.24, 2.45) is 10.7 Å². The molecule has 0 aliphatic carbocycles. The van der Waals surface area contributed by atoms with Crippen molar-refractivity contribution in [3.8, 4) is 11.1 Å². The lowest BCUT2D eigenvalue weighted by atomic mass is 10.0. The molecule has 0 saturated heterocycles. The SMILES string of the molecule is C=C/C=C(\C=C/C)N(c1ccc(C(N)=Nc2ccccc2CC)cc1)c1c(C)ccc(C=C)c1Nc1ccccc1.c1ccc(-c2ccccc2)cc1. The molecule has 0 spiro atoms. The maximum absolute atomic E-state index is 6.49. The number of aliphatic imine (C=N–C) groups is 1. The number of hydrogen-bond acceptors (Lipinski definition) is 3. The highest BCUT2D eigenvalue weighted by atomic mass is 15.2. The molecule has 6 aromatic carbocycles. The number of nitrogens with two attached hydrogens (primary N) is 1. The van der Waals surface area contributed by atoms with E-state index in [0.29, 0.717) is 5.84 Å². The van der Waals surface area contributed by atoms with Crippen LogP contribution in [0.3, 0.4) is 0 Å². The monoisotopic (exact) mass is 692 g/mol. The topological polar surface area (TPSA) is 53.6 Å². The number of para-hydroxylation sites is 2. The molecule has 0 unspecified atom stereocenters. The van der Waals surface area contributed by atoms with E-state index in [1.54, 1.807) is 0 Å². The number of nitrogens with one attached hydrogen (secondary N) is 1. The molecule has 0 heterocycles. The number of rotatable bonds is 12. The zero-order chi connectivity index (χ0) is 37.4. The molecule has 4 nitrogen and oxygen atoms in total. The molecule has 0 aliphatic heterocycles. The first-order chi connectivity index (χ1) is 26.0. The van der Waals surface area contributed by atoms with Crippen LogP contribution < -0.4 is 16.0 Å². The van der Waals surface area contributed by atoms with Crippen molar-refractivity contribution in [3.63, 3.8) is 0 Å². The smallest absolute Gasteiger partial charge is 0.131 e. The largest absolute Gasteiger partial charge is 0.383 e. The minimum atomic E-state index is 0.482. The molecule has 0 aromatic heterocycles. The van der Waals surface area contributed by atoms with Crippen molar-refractivity contribution in [1.82, 2.24) is 0 Å². The second kappa shape index (κ2) is 19.1. The molecule has 0 amide bonds. The highest BCUT2D eigenvalue weighted by Crippen LogP contribution is 2.42. The maximum atomic E-state index is 6.49. The Balaban J connectivity index is 0.000000378. The normalized spacial score (nSPS) is 11.4. The van der Waals surface area contributed by atoms with Gasteiger partial charge in [-0.25, -0.2) is 4.99 Å². The van der Waals surface area contributed by atoms with E-state index in [1.807, 2.05) is 91.9 Å². The first kappa shape index (κ1) is 37.6. The van der Waals surface area contributed by atoms with Crippen LogP contribution in [0, 0.1) is 6.92 Å². The zero-order valence-corrected chi connectivity index (χ0v) is 30.9. The highest BCUT2D eigenvalue weighted by Gasteiger charge is 2.21. The fourth-order valence-corrected chi connectivity index (χ4v) is 6.03. The van der Waals surface area contributed by atoms with Gasteiger partial charge in [0.1, 0.15) is 5.84 Å². The summed E-state index contributed by atoms with van der Waals surface area (Å²) in [5, 5.41) is 3.66. The zero-order valence-electron chi connectivity index (χ0n) is 30.9. The molecule has 6 aromatic rings. The molecule has 3 N–H and O–H groups in total. The molecule has 0 fully saturated rings. The predicted octanol–water partition coefficient (Wildman–Crippen LogP) is 13.1. The molecule has 264 valence electrons. The predicted molar refractivity (Wildman–Crippen MR) is 231 cm³/mol. The van der Waals surface area contributed by atoms with Crippen molar-refractivity contribution in [1.29, 1.82) is 0 Å². The molecule has 0 saturated carbocycles. The Bertz CT molecular complexity index is 2140. The Kier molecular flexibility index (Phi) is 13.5. The Morgan fingerprint density at radius 2 is 1.32 bits per heavy atom. The van der Waals surface area contributed by atoms with E-state index in [-0.39, 0.29) is 0 Å². The van der Waals surface area contributed by atoms with Crippen molar-refractivity contribution in [2.45, 2.75) is 27.2 Å². The summed E-state index contributed by atoms with van der Waals surface area (Å²) in [6.45, 7) is 14.3. The van der Waals surface area contributed by atoms with Gasteiger partial charge in [0.05, 0.1) is 17.1 Å². The Morgan fingerprint density at radius 3 is 1.89 bits per heavy atom. The van der Waals surface area contributed by atoms with Crippen molar-refractivity contribution >= 4 is 40.3 Å². The molecular weight excluding hydrogens is 645 g/mol. The molecule has 0 bridgehead atoms. The number of anilines is 4. The molecular formula is C49H48N4. The molecule has 53 heavy (non-hydrogen) atoms. The van der Waals surface area contributed by atoms with Crippen LogP contribution in [0.15, 0.2) is 200 Å². The summed E-state index contributed by atoms with van der Waals surface area (Å²) in [4.78, 5) is 6.98. The number of hydrogen-bond donors (Lipinski definition) is 2. The Morgan fingerprint density at radius 1 is 0.736 bits per heavy atom. The van der Waals surface area contributed by atoms with Crippen LogP contribution in [0.2, 0.25) is 0 Å². The lowest BCUT2D eigenvalue weighted by molar-refractivity contribution is 1.13. The van der Waals surface area contributed by atoms with Crippen molar-refractivity contribution in [3.05, 3.63) is 217 Å². The summed E-state index contributed by atoms with van der Waals surface area (Å²) in [5.74, 6) is 0.482. The fourth-order valence-electron chi connectivity index (χ4n) is 6.03. The van der Waals surface area contributed by atoms with Crippen molar-refractivity contribution < 1.29 is 0 Å². The van der Waals surface area contributed by atoms with Gasteiger partial charge in [-0.05, 0) is 103 Å². The van der Waals surface area contributed by atoms with Gasteiger partial charge in [-0.1, -0.05) is 148 Å². The Labute approximate surface area is 315 Å². The summed E-state index contributed by atoms with van der Waals surface area (Å²) in [6, 6.07) is 51.5. The summed E-state index contributed by atoms with van der Waals surface area (Å²) in [7, 11) is 0. The maximum Gasteiger partial charge on any atom is 0.131 e. The second-order valence-electron chi connectivity index (χ2n) is 12.3. The first-order valence-corrected chi connectivity index (χ1v) is 17.9. The second-order valence-corrected chi connectivity index (χ2v) is 12.3. The van der Waals surface area contributed by atoms with Crippen LogP contribution in [-0.2, 0) is 6.42 Å². The minimum absolute atomic E-state index is 0.482. The molecule has 6 rings (SSSR count). The van der Waals surface area contributed by atoms with Gasteiger partial charge in [0.2, 0.25) is 0 Å². The van der Waals surface area contributed by atoms with Crippen LogP contribution in [-0.4, -0.2) is 5.84 Å². The lowest BCUT2D eigenvalue weighted by Crippen LogP contribution is -2.19. The van der Waals surface area contributed by atoms with Crippen LogP contribution in [0.4, 0.5) is 28.4 Å². The van der Waals surface area contributed by atoms with E-state index in [0.717, 1.165) is 57.2 Å². The van der Waals surface area contributed by atoms with E-state index in [9.17, 15) is 0 Å². The number of allylic oxidation sites excluding steroid dienone is 4. The highest BCUT2D eigenvalue weighted by molar-refractivity contribution is 6.00. The van der Waals surface area contributed by atoms with Gasteiger partial charge < -0.3 is 16.0 Å². The number of amidine groups is 1. The first-order valence-electron chi connectivity index (χ1n) is 17.9.